The van der Waals surface area contributed by atoms with Crippen LogP contribution in [0.2, 0.25) is 0 Å². The summed E-state index contributed by atoms with van der Waals surface area (Å²) in [7, 11) is -3.74. The second-order valence-electron chi connectivity index (χ2n) is 8.62. The Morgan fingerprint density at radius 1 is 1.24 bits per heavy atom. The van der Waals surface area contributed by atoms with Gasteiger partial charge in [0.15, 0.2) is 0 Å². The van der Waals surface area contributed by atoms with Gasteiger partial charge in [0.1, 0.15) is 18.1 Å². The van der Waals surface area contributed by atoms with Crippen LogP contribution >= 0.6 is 0 Å². The molecule has 2 heterocycles. The molecule has 1 N–H and O–H groups in total. The van der Waals surface area contributed by atoms with Gasteiger partial charge in [-0.3, -0.25) is 4.79 Å². The Morgan fingerprint density at radius 3 is 2.61 bits per heavy atom. The van der Waals surface area contributed by atoms with Gasteiger partial charge in [-0.05, 0) is 31.4 Å². The van der Waals surface area contributed by atoms with Crippen LogP contribution < -0.4 is 4.72 Å². The molecule has 2 aliphatic heterocycles. The van der Waals surface area contributed by atoms with Gasteiger partial charge in [0.05, 0.1) is 31.0 Å². The predicted molar refractivity (Wildman–Crippen MR) is 121 cm³/mol. The molecule has 0 aromatic heterocycles. The summed E-state index contributed by atoms with van der Waals surface area (Å²) in [5.41, 5.74) is 2.39. The highest BCUT2D eigenvalue weighted by Gasteiger charge is 2.48. The highest BCUT2D eigenvalue weighted by molar-refractivity contribution is 7.89. The molecule has 0 spiro atoms. The number of nitrogens with zero attached hydrogens (tertiary/aromatic N) is 1. The maximum absolute atomic E-state index is 15.6. The number of ether oxygens (including phenoxy) is 1. The minimum absolute atomic E-state index is 0.0265. The molecule has 0 aliphatic carbocycles. The van der Waals surface area contributed by atoms with Crippen molar-refractivity contribution in [2.24, 2.45) is 0 Å². The quantitative estimate of drug-likeness (QED) is 0.664. The van der Waals surface area contributed by atoms with Crippen molar-refractivity contribution in [3.8, 4) is 11.1 Å². The Balaban J connectivity index is 1.68. The van der Waals surface area contributed by atoms with Crippen molar-refractivity contribution in [1.82, 2.24) is 9.62 Å². The van der Waals surface area contributed by atoms with Crippen LogP contribution in [0.15, 0.2) is 42.5 Å². The number of sulfonamides is 1. The molecule has 2 aromatic carbocycles. The van der Waals surface area contributed by atoms with Crippen LogP contribution in [0.5, 0.6) is 0 Å². The Morgan fingerprint density at radius 2 is 1.97 bits per heavy atom. The van der Waals surface area contributed by atoms with Gasteiger partial charge in [-0.15, -0.1) is 0 Å². The summed E-state index contributed by atoms with van der Waals surface area (Å²) in [6.45, 7) is 3.56. The van der Waals surface area contributed by atoms with Gasteiger partial charge in [-0.25, -0.2) is 21.9 Å². The summed E-state index contributed by atoms with van der Waals surface area (Å²) in [6, 6.07) is 10.4. The fourth-order valence-electron chi connectivity index (χ4n) is 4.42. The van der Waals surface area contributed by atoms with E-state index in [2.05, 4.69) is 4.72 Å². The molecule has 0 bridgehead atoms. The van der Waals surface area contributed by atoms with E-state index < -0.39 is 40.2 Å². The number of nitrogens with one attached hydrogen (secondary N) is 1. The Labute approximate surface area is 193 Å². The molecular formula is C24H28F2N2O4S. The number of halogens is 2. The summed E-state index contributed by atoms with van der Waals surface area (Å²) in [5, 5.41) is 0. The summed E-state index contributed by atoms with van der Waals surface area (Å²) >= 11 is 0. The topological polar surface area (TPSA) is 75.7 Å². The van der Waals surface area contributed by atoms with Gasteiger partial charge >= 0.3 is 0 Å². The van der Waals surface area contributed by atoms with E-state index in [4.69, 9.17) is 4.74 Å². The minimum atomic E-state index is -3.74. The van der Waals surface area contributed by atoms with Crippen LogP contribution in [-0.4, -0.2) is 62.5 Å². The van der Waals surface area contributed by atoms with Crippen molar-refractivity contribution < 1.29 is 26.7 Å². The lowest BCUT2D eigenvalue weighted by Crippen LogP contribution is -2.53. The molecule has 1 amide bonds. The molecule has 2 aliphatic rings. The van der Waals surface area contributed by atoms with Crippen molar-refractivity contribution in [2.75, 3.05) is 18.9 Å². The smallest absolute Gasteiger partial charge is 0.252 e. The van der Waals surface area contributed by atoms with Crippen LogP contribution in [-0.2, 0) is 26.0 Å². The number of carbonyl (C=O) groups is 1. The number of likely N-dealkylation sites (tertiary alicyclic amines) is 1. The average molecular weight is 479 g/mol. The fraction of sp³-hybridized carbons (Fsp3) is 0.458. The van der Waals surface area contributed by atoms with E-state index in [1.54, 1.807) is 18.2 Å². The second-order valence-corrected chi connectivity index (χ2v) is 10.7. The van der Waals surface area contributed by atoms with Gasteiger partial charge in [0.2, 0.25) is 10.0 Å². The predicted octanol–water partition coefficient (Wildman–Crippen LogP) is 2.99. The summed E-state index contributed by atoms with van der Waals surface area (Å²) < 4.78 is 62.8. The first kappa shape index (κ1) is 23.8. The third kappa shape index (κ3) is 4.95. The Bertz CT molecular complexity index is 1140. The van der Waals surface area contributed by atoms with Gasteiger partial charge in [0, 0.05) is 12.0 Å². The number of hydrogen-bond acceptors (Lipinski definition) is 4. The second kappa shape index (κ2) is 9.48. The first-order valence-corrected chi connectivity index (χ1v) is 12.8. The van der Waals surface area contributed by atoms with Crippen LogP contribution in [0.25, 0.3) is 11.1 Å². The fourth-order valence-corrected chi connectivity index (χ4v) is 5.31. The number of alkyl halides is 1. The maximum Gasteiger partial charge on any atom is 0.252 e. The SMILES string of the molecule is CCS(=O)(=O)N[C@H]1[C@@H](F)CN(C(=O)C2CCO2)[C@H]1Cc1cccc(-c2cccc(C)c2)c1F. The van der Waals surface area contributed by atoms with E-state index in [0.29, 0.717) is 29.7 Å². The highest BCUT2D eigenvalue weighted by Crippen LogP contribution is 2.31. The molecule has 178 valence electrons. The summed E-state index contributed by atoms with van der Waals surface area (Å²) in [5.74, 6) is -1.07. The molecule has 4 atom stereocenters. The van der Waals surface area contributed by atoms with E-state index in [1.807, 2.05) is 31.2 Å². The van der Waals surface area contributed by atoms with Gasteiger partial charge in [0.25, 0.3) is 5.91 Å². The normalized spacial score (nSPS) is 25.2. The van der Waals surface area contributed by atoms with Crippen LogP contribution in [0.4, 0.5) is 8.78 Å². The number of aryl methyl sites for hydroxylation is 1. The third-order valence-corrected chi connectivity index (χ3v) is 7.76. The lowest BCUT2D eigenvalue weighted by atomic mass is 9.95. The summed E-state index contributed by atoms with van der Waals surface area (Å²) in [6.07, 6.45) is -1.77. The van der Waals surface area contributed by atoms with E-state index in [9.17, 15) is 13.2 Å². The molecule has 4 rings (SSSR count). The van der Waals surface area contributed by atoms with Crippen LogP contribution in [0.3, 0.4) is 0 Å². The zero-order chi connectivity index (χ0) is 23.8. The monoisotopic (exact) mass is 478 g/mol. The maximum atomic E-state index is 15.6. The zero-order valence-corrected chi connectivity index (χ0v) is 19.4. The standard InChI is InChI=1S/C24H28F2N2O4S/c1-3-33(30,31)27-23-19(25)14-28(24(29)21-10-11-32-21)20(23)13-17-8-5-9-18(22(17)26)16-7-4-6-15(2)12-16/h4-9,12,19-21,23,27H,3,10-11,13-14H2,1-2H3/t19-,20-,21?,23-/m0/s1. The molecule has 6 nitrogen and oxygen atoms in total. The number of benzene rings is 2. The highest BCUT2D eigenvalue weighted by atomic mass is 32.2. The van der Waals surface area contributed by atoms with Crippen molar-refractivity contribution in [3.63, 3.8) is 0 Å². The lowest BCUT2D eigenvalue weighted by molar-refractivity contribution is -0.157. The van der Waals surface area contributed by atoms with E-state index in [1.165, 1.54) is 11.8 Å². The molecule has 9 heteroatoms. The molecule has 0 radical (unpaired) electrons. The molecule has 0 saturated carbocycles. The van der Waals surface area contributed by atoms with E-state index >= 15 is 8.78 Å². The first-order valence-electron chi connectivity index (χ1n) is 11.1. The first-order chi connectivity index (χ1) is 15.7. The average Bonchev–Trinajstić information content (AvgIpc) is 3.03. The molecule has 1 unspecified atom stereocenters. The Kier molecular flexibility index (Phi) is 6.83. The van der Waals surface area contributed by atoms with E-state index in [0.717, 1.165) is 5.56 Å². The number of amides is 1. The molecule has 33 heavy (non-hydrogen) atoms. The number of carbonyl (C=O) groups excluding carboxylic acids is 1. The van der Waals surface area contributed by atoms with Crippen LogP contribution in [0.1, 0.15) is 24.5 Å². The van der Waals surface area contributed by atoms with Crippen molar-refractivity contribution in [3.05, 3.63) is 59.4 Å². The minimum Gasteiger partial charge on any atom is -0.368 e. The Hall–Kier alpha value is -2.36. The lowest BCUT2D eigenvalue weighted by Gasteiger charge is -2.34. The third-order valence-electron chi connectivity index (χ3n) is 6.37. The number of rotatable bonds is 7. The van der Waals surface area contributed by atoms with Gasteiger partial charge in [-0.1, -0.05) is 48.0 Å². The molecular weight excluding hydrogens is 450 g/mol. The molecule has 2 saturated heterocycles. The number of hydrogen-bond donors (Lipinski definition) is 1. The largest absolute Gasteiger partial charge is 0.368 e. The van der Waals surface area contributed by atoms with Gasteiger partial charge < -0.3 is 9.64 Å². The molecule has 2 fully saturated rings. The van der Waals surface area contributed by atoms with Crippen molar-refractivity contribution in [1.29, 1.82) is 0 Å². The van der Waals surface area contributed by atoms with E-state index in [-0.39, 0.29) is 24.6 Å². The van der Waals surface area contributed by atoms with Crippen LogP contribution in [0, 0.1) is 12.7 Å². The summed E-state index contributed by atoms with van der Waals surface area (Å²) in [4.78, 5) is 14.2. The zero-order valence-electron chi connectivity index (χ0n) is 18.6. The van der Waals surface area contributed by atoms with Crippen molar-refractivity contribution >= 4 is 15.9 Å². The molecule has 2 aromatic rings. The van der Waals surface area contributed by atoms with Crippen molar-refractivity contribution in [2.45, 2.75) is 51.0 Å². The van der Waals surface area contributed by atoms with Gasteiger partial charge in [-0.2, -0.15) is 0 Å².